The van der Waals surface area contributed by atoms with Gasteiger partial charge in [-0.15, -0.1) is 0 Å². The summed E-state index contributed by atoms with van der Waals surface area (Å²) in [5, 5.41) is 0. The third kappa shape index (κ3) is 4.55. The van der Waals surface area contributed by atoms with E-state index in [4.69, 9.17) is 0 Å². The van der Waals surface area contributed by atoms with Crippen molar-refractivity contribution in [3.05, 3.63) is 0 Å². The van der Waals surface area contributed by atoms with Crippen molar-refractivity contribution in [1.29, 1.82) is 0 Å². The zero-order valence-corrected chi connectivity index (χ0v) is 6.20. The Hall–Kier alpha value is 0.0500. The van der Waals surface area contributed by atoms with E-state index in [-0.39, 0.29) is 0 Å². The summed E-state index contributed by atoms with van der Waals surface area (Å²) in [6.45, 7) is 2.98. The first kappa shape index (κ1) is 9.05. The topological polar surface area (TPSA) is 26.3 Å². The average molecular weight is 158 g/mol. The molecular weight excluding hydrogens is 149 g/mol. The average Bonchev–Trinajstić information content (AvgIpc) is 1.63. The molecule has 0 amide bonds. The maximum absolute atomic E-state index is 12.0. The maximum atomic E-state index is 12.0. The SMILES string of the molecule is CC(C)OP(=O)(F)CF. The Morgan fingerprint density at radius 1 is 1.67 bits per heavy atom. The molecule has 0 saturated heterocycles. The van der Waals surface area contributed by atoms with E-state index in [0.717, 1.165) is 0 Å². The van der Waals surface area contributed by atoms with Crippen molar-refractivity contribution in [1.82, 2.24) is 0 Å². The highest BCUT2D eigenvalue weighted by atomic mass is 31.2. The largest absolute Gasteiger partial charge is 0.397 e. The molecule has 56 valence electrons. The molecule has 0 aliphatic heterocycles. The number of halogens is 2. The lowest BCUT2D eigenvalue weighted by Crippen LogP contribution is -1.98. The van der Waals surface area contributed by atoms with Gasteiger partial charge in [-0.25, -0.2) is 4.39 Å². The number of alkyl halides is 1. The molecule has 9 heavy (non-hydrogen) atoms. The molecule has 0 N–H and O–H groups in total. The molecule has 1 unspecified atom stereocenters. The molecule has 1 atom stereocenters. The summed E-state index contributed by atoms with van der Waals surface area (Å²) < 4.78 is 37.6. The van der Waals surface area contributed by atoms with Gasteiger partial charge in [0.15, 0.2) is 6.42 Å². The van der Waals surface area contributed by atoms with Gasteiger partial charge >= 0.3 is 7.68 Å². The van der Waals surface area contributed by atoms with Crippen molar-refractivity contribution in [3.63, 3.8) is 0 Å². The maximum Gasteiger partial charge on any atom is 0.397 e. The molecule has 2 nitrogen and oxygen atoms in total. The van der Waals surface area contributed by atoms with Crippen molar-refractivity contribution in [3.8, 4) is 0 Å². The van der Waals surface area contributed by atoms with Crippen LogP contribution in [0.5, 0.6) is 0 Å². The summed E-state index contributed by atoms with van der Waals surface area (Å²) in [4.78, 5) is 0. The van der Waals surface area contributed by atoms with Crippen LogP contribution >= 0.6 is 7.68 Å². The van der Waals surface area contributed by atoms with Crippen molar-refractivity contribution >= 4 is 7.68 Å². The molecule has 0 aliphatic carbocycles. The zero-order chi connectivity index (χ0) is 7.49. The fraction of sp³-hybridized carbons (Fsp3) is 1.00. The fourth-order valence-electron chi connectivity index (χ4n) is 0.343. The van der Waals surface area contributed by atoms with E-state index >= 15 is 0 Å². The first-order chi connectivity index (χ1) is 3.98. The van der Waals surface area contributed by atoms with Gasteiger partial charge in [0.05, 0.1) is 6.10 Å². The van der Waals surface area contributed by atoms with Crippen molar-refractivity contribution in [2.75, 3.05) is 6.42 Å². The van der Waals surface area contributed by atoms with Crippen LogP contribution in [0.1, 0.15) is 13.8 Å². The van der Waals surface area contributed by atoms with Gasteiger partial charge in [0.1, 0.15) is 0 Å². The van der Waals surface area contributed by atoms with Crippen LogP contribution in [0.15, 0.2) is 0 Å². The van der Waals surface area contributed by atoms with Crippen molar-refractivity contribution < 1.29 is 17.7 Å². The van der Waals surface area contributed by atoms with E-state index in [0.29, 0.717) is 0 Å². The minimum atomic E-state index is -4.40. The molecule has 0 bridgehead atoms. The third-order valence-electron chi connectivity index (χ3n) is 0.511. The highest BCUT2D eigenvalue weighted by molar-refractivity contribution is 7.53. The number of rotatable bonds is 3. The van der Waals surface area contributed by atoms with Gasteiger partial charge in [-0.2, -0.15) is 4.20 Å². The third-order valence-corrected chi connectivity index (χ3v) is 1.53. The summed E-state index contributed by atoms with van der Waals surface area (Å²) >= 11 is 0. The monoisotopic (exact) mass is 158 g/mol. The number of hydrogen-bond donors (Lipinski definition) is 0. The molecule has 5 heteroatoms. The molecule has 0 heterocycles. The predicted molar refractivity (Wildman–Crippen MR) is 30.9 cm³/mol. The highest BCUT2D eigenvalue weighted by Gasteiger charge is 2.22. The normalized spacial score (nSPS) is 17.9. The molecule has 0 radical (unpaired) electrons. The van der Waals surface area contributed by atoms with Gasteiger partial charge in [0, 0.05) is 0 Å². The fourth-order valence-corrected chi connectivity index (χ4v) is 1.03. The number of hydrogen-bond acceptors (Lipinski definition) is 2. The van der Waals surface area contributed by atoms with Crippen LogP contribution in [-0.2, 0) is 9.09 Å². The minimum absolute atomic E-state index is 0.531. The zero-order valence-electron chi connectivity index (χ0n) is 5.30. The van der Waals surface area contributed by atoms with E-state index < -0.39 is 20.2 Å². The van der Waals surface area contributed by atoms with E-state index in [1.807, 2.05) is 0 Å². The van der Waals surface area contributed by atoms with Crippen LogP contribution in [0.2, 0.25) is 0 Å². The van der Waals surface area contributed by atoms with Gasteiger partial charge in [-0.3, -0.25) is 4.57 Å². The minimum Gasteiger partial charge on any atom is -0.301 e. The predicted octanol–water partition coefficient (Wildman–Crippen LogP) is 2.50. The smallest absolute Gasteiger partial charge is 0.301 e. The Morgan fingerprint density at radius 2 is 2.11 bits per heavy atom. The standard InChI is InChI=1S/C4H9F2O2P/c1-4(2)8-9(6,7)3-5/h4H,3H2,1-2H3. The second kappa shape index (κ2) is 3.28. The van der Waals surface area contributed by atoms with Crippen LogP contribution in [0.3, 0.4) is 0 Å². The lowest BCUT2D eigenvalue weighted by atomic mass is 10.5. The van der Waals surface area contributed by atoms with Crippen LogP contribution < -0.4 is 0 Å². The Balaban J connectivity index is 3.73. The molecule has 0 aliphatic rings. The molecule has 0 fully saturated rings. The first-order valence-corrected chi connectivity index (χ1v) is 4.21. The van der Waals surface area contributed by atoms with Gasteiger partial charge in [0.25, 0.3) is 0 Å². The quantitative estimate of drug-likeness (QED) is 0.590. The summed E-state index contributed by atoms with van der Waals surface area (Å²) in [6.07, 6.45) is -2.07. The van der Waals surface area contributed by atoms with E-state index in [1.54, 1.807) is 0 Å². The summed E-state index contributed by atoms with van der Waals surface area (Å²) in [5.74, 6) is 0. The van der Waals surface area contributed by atoms with Crippen LogP contribution in [-0.4, -0.2) is 12.5 Å². The molecule has 0 spiro atoms. The lowest BCUT2D eigenvalue weighted by molar-refractivity contribution is 0.216. The second-order valence-electron chi connectivity index (χ2n) is 1.86. The van der Waals surface area contributed by atoms with Gasteiger partial charge in [-0.1, -0.05) is 0 Å². The molecule has 0 aromatic rings. The van der Waals surface area contributed by atoms with Crippen molar-refractivity contribution in [2.45, 2.75) is 20.0 Å². The molecular formula is C4H9F2O2P. The molecule has 0 saturated carbocycles. The van der Waals surface area contributed by atoms with Crippen LogP contribution in [0, 0.1) is 0 Å². The van der Waals surface area contributed by atoms with Crippen LogP contribution in [0.4, 0.5) is 8.59 Å². The molecule has 0 aromatic heterocycles. The second-order valence-corrected chi connectivity index (χ2v) is 3.49. The van der Waals surface area contributed by atoms with E-state index in [2.05, 4.69) is 4.52 Å². The first-order valence-electron chi connectivity index (χ1n) is 2.51. The Kier molecular flexibility index (Phi) is 3.30. The Morgan fingerprint density at radius 3 is 2.22 bits per heavy atom. The van der Waals surface area contributed by atoms with Crippen LogP contribution in [0.25, 0.3) is 0 Å². The summed E-state index contributed by atoms with van der Waals surface area (Å²) in [6, 6.07) is 0. The van der Waals surface area contributed by atoms with Gasteiger partial charge in [0.2, 0.25) is 0 Å². The van der Waals surface area contributed by atoms with E-state index in [9.17, 15) is 13.2 Å². The molecule has 0 rings (SSSR count). The van der Waals surface area contributed by atoms with Gasteiger partial charge in [-0.05, 0) is 13.8 Å². The lowest BCUT2D eigenvalue weighted by Gasteiger charge is -2.07. The highest BCUT2D eigenvalue weighted by Crippen LogP contribution is 2.49. The summed E-state index contributed by atoms with van der Waals surface area (Å²) in [7, 11) is -4.40. The Labute approximate surface area is 52.8 Å². The summed E-state index contributed by atoms with van der Waals surface area (Å²) in [5.41, 5.74) is 0. The van der Waals surface area contributed by atoms with Crippen molar-refractivity contribution in [2.24, 2.45) is 0 Å². The Bertz CT molecular complexity index is 126. The molecule has 0 aromatic carbocycles. The van der Waals surface area contributed by atoms with E-state index in [1.165, 1.54) is 13.8 Å². The van der Waals surface area contributed by atoms with Gasteiger partial charge < -0.3 is 4.52 Å².